The van der Waals surface area contributed by atoms with Crippen molar-refractivity contribution in [2.75, 3.05) is 0 Å². The largest absolute Gasteiger partial charge is 0.254 e. The van der Waals surface area contributed by atoms with Crippen LogP contribution in [0.25, 0.3) is 77.1 Å². The topological polar surface area (TPSA) is 38.7 Å². The summed E-state index contributed by atoms with van der Waals surface area (Å²) in [5.41, 5.74) is 12.2. The summed E-state index contributed by atoms with van der Waals surface area (Å²) in [7, 11) is 0. The monoisotopic (exact) mass is 549 g/mol. The fourth-order valence-electron chi connectivity index (χ4n) is 7.16. The maximum absolute atomic E-state index is 5.41. The number of aromatic nitrogens is 3. The SMILES string of the molecule is CC1(C)c2ccccc2-c2nc3c(ccc4ccccc43)c(-c3ccc(-c4ccc5ccc6cccnc6c5n4)cc3)c21. The molecule has 0 amide bonds. The third-order valence-electron chi connectivity index (χ3n) is 9.26. The summed E-state index contributed by atoms with van der Waals surface area (Å²) < 4.78 is 0. The molecule has 3 nitrogen and oxygen atoms in total. The van der Waals surface area contributed by atoms with Crippen LogP contribution < -0.4 is 0 Å². The van der Waals surface area contributed by atoms with Gasteiger partial charge in [-0.2, -0.15) is 0 Å². The van der Waals surface area contributed by atoms with Gasteiger partial charge >= 0.3 is 0 Å². The Morgan fingerprint density at radius 2 is 1.21 bits per heavy atom. The van der Waals surface area contributed by atoms with Crippen LogP contribution in [0.3, 0.4) is 0 Å². The molecule has 5 aromatic carbocycles. The molecule has 3 aromatic heterocycles. The van der Waals surface area contributed by atoms with Gasteiger partial charge < -0.3 is 0 Å². The smallest absolute Gasteiger partial charge is 0.0972 e. The van der Waals surface area contributed by atoms with Crippen LogP contribution in [0.15, 0.2) is 128 Å². The van der Waals surface area contributed by atoms with Gasteiger partial charge in [-0.1, -0.05) is 123 Å². The van der Waals surface area contributed by atoms with E-state index in [1.807, 2.05) is 12.3 Å². The molecular formula is C40H27N3. The Morgan fingerprint density at radius 1 is 0.512 bits per heavy atom. The molecule has 0 atom stereocenters. The van der Waals surface area contributed by atoms with Crippen molar-refractivity contribution in [1.82, 2.24) is 15.0 Å². The number of hydrogen-bond acceptors (Lipinski definition) is 3. The summed E-state index contributed by atoms with van der Waals surface area (Å²) >= 11 is 0. The maximum Gasteiger partial charge on any atom is 0.0972 e. The molecule has 1 aliphatic rings. The molecule has 0 bridgehead atoms. The lowest BCUT2D eigenvalue weighted by Gasteiger charge is -2.25. The Balaban J connectivity index is 1.27. The fourth-order valence-corrected chi connectivity index (χ4v) is 7.16. The van der Waals surface area contributed by atoms with Crippen molar-refractivity contribution in [3.63, 3.8) is 0 Å². The minimum absolute atomic E-state index is 0.180. The molecule has 0 N–H and O–H groups in total. The normalized spacial score (nSPS) is 13.5. The molecule has 3 heterocycles. The zero-order valence-corrected chi connectivity index (χ0v) is 24.0. The zero-order chi connectivity index (χ0) is 28.7. The molecule has 8 aromatic rings. The first-order chi connectivity index (χ1) is 21.1. The first-order valence-electron chi connectivity index (χ1n) is 14.8. The number of benzene rings is 5. The highest BCUT2D eigenvalue weighted by Gasteiger charge is 2.39. The Hall–Kier alpha value is -5.41. The van der Waals surface area contributed by atoms with Crippen LogP contribution in [0.4, 0.5) is 0 Å². The van der Waals surface area contributed by atoms with Crippen molar-refractivity contribution in [3.8, 4) is 33.6 Å². The standard InChI is InChI=1S/C40H27N3/c1-40(2)32-12-6-5-11-30(32)39-35(40)34(31-21-19-24-8-3-4-10-29(24)38(31)43-39)26-15-13-25(14-16-26)33-22-20-28-18-17-27-9-7-23-41-36(27)37(28)42-33/h3-23H,1-2H3. The van der Waals surface area contributed by atoms with Gasteiger partial charge in [0.25, 0.3) is 0 Å². The van der Waals surface area contributed by atoms with E-state index in [-0.39, 0.29) is 5.41 Å². The van der Waals surface area contributed by atoms with E-state index in [1.54, 1.807) is 0 Å². The van der Waals surface area contributed by atoms with Gasteiger partial charge in [-0.25, -0.2) is 9.97 Å². The first kappa shape index (κ1) is 24.2. The van der Waals surface area contributed by atoms with Gasteiger partial charge in [0.1, 0.15) is 0 Å². The molecule has 0 unspecified atom stereocenters. The summed E-state index contributed by atoms with van der Waals surface area (Å²) in [4.78, 5) is 15.1. The van der Waals surface area contributed by atoms with Crippen molar-refractivity contribution in [2.24, 2.45) is 0 Å². The molecule has 0 saturated heterocycles. The predicted octanol–water partition coefficient (Wildman–Crippen LogP) is 10.1. The molecule has 0 aliphatic heterocycles. The quantitative estimate of drug-likeness (QED) is 0.201. The highest BCUT2D eigenvalue weighted by molar-refractivity contribution is 6.13. The van der Waals surface area contributed by atoms with Crippen molar-refractivity contribution in [1.29, 1.82) is 0 Å². The van der Waals surface area contributed by atoms with Gasteiger partial charge in [0.2, 0.25) is 0 Å². The van der Waals surface area contributed by atoms with Crippen LogP contribution in [0.1, 0.15) is 25.0 Å². The van der Waals surface area contributed by atoms with Crippen LogP contribution in [-0.4, -0.2) is 15.0 Å². The zero-order valence-electron chi connectivity index (χ0n) is 24.0. The third-order valence-corrected chi connectivity index (χ3v) is 9.26. The Kier molecular flexibility index (Phi) is 4.95. The van der Waals surface area contributed by atoms with E-state index in [1.165, 1.54) is 44.0 Å². The van der Waals surface area contributed by atoms with Crippen molar-refractivity contribution in [3.05, 3.63) is 139 Å². The average Bonchev–Trinajstić information content (AvgIpc) is 3.29. The highest BCUT2D eigenvalue weighted by atomic mass is 14.8. The van der Waals surface area contributed by atoms with Gasteiger partial charge in [-0.3, -0.25) is 4.98 Å². The lowest BCUT2D eigenvalue weighted by molar-refractivity contribution is 0.662. The van der Waals surface area contributed by atoms with Crippen LogP contribution in [0.5, 0.6) is 0 Å². The van der Waals surface area contributed by atoms with Crippen LogP contribution >= 0.6 is 0 Å². The van der Waals surface area contributed by atoms with E-state index in [9.17, 15) is 0 Å². The summed E-state index contributed by atoms with van der Waals surface area (Å²) in [6.07, 6.45) is 1.84. The molecule has 0 saturated carbocycles. The summed E-state index contributed by atoms with van der Waals surface area (Å²) in [5.74, 6) is 0. The second kappa shape index (κ2) is 8.80. The van der Waals surface area contributed by atoms with Gasteiger partial charge in [-0.15, -0.1) is 0 Å². The number of hydrogen-bond donors (Lipinski definition) is 0. The van der Waals surface area contributed by atoms with E-state index in [0.29, 0.717) is 0 Å². The van der Waals surface area contributed by atoms with Gasteiger partial charge in [0.15, 0.2) is 0 Å². The first-order valence-corrected chi connectivity index (χ1v) is 14.8. The lowest BCUT2D eigenvalue weighted by atomic mass is 9.78. The van der Waals surface area contributed by atoms with Gasteiger partial charge in [0, 0.05) is 44.3 Å². The average molecular weight is 550 g/mol. The number of fused-ring (bicyclic) bond motifs is 9. The molecule has 0 fully saturated rings. The molecule has 0 spiro atoms. The molecule has 9 rings (SSSR count). The van der Waals surface area contributed by atoms with Crippen LogP contribution in [-0.2, 0) is 5.41 Å². The van der Waals surface area contributed by atoms with Gasteiger partial charge in [0.05, 0.1) is 27.9 Å². The second-order valence-corrected chi connectivity index (χ2v) is 12.1. The highest BCUT2D eigenvalue weighted by Crippen LogP contribution is 2.53. The van der Waals surface area contributed by atoms with Crippen molar-refractivity contribution < 1.29 is 0 Å². The van der Waals surface area contributed by atoms with E-state index in [0.717, 1.165) is 44.3 Å². The minimum atomic E-state index is -0.180. The molecule has 202 valence electrons. The maximum atomic E-state index is 5.41. The van der Waals surface area contributed by atoms with E-state index in [2.05, 4.69) is 134 Å². The molecular weight excluding hydrogens is 522 g/mol. The third kappa shape index (κ3) is 3.45. The predicted molar refractivity (Wildman–Crippen MR) is 178 cm³/mol. The van der Waals surface area contributed by atoms with E-state index in [4.69, 9.17) is 9.97 Å². The lowest BCUT2D eigenvalue weighted by Crippen LogP contribution is -2.16. The van der Waals surface area contributed by atoms with Crippen molar-refractivity contribution >= 4 is 43.5 Å². The van der Waals surface area contributed by atoms with E-state index >= 15 is 0 Å². The Morgan fingerprint density at radius 3 is 2.09 bits per heavy atom. The molecule has 43 heavy (non-hydrogen) atoms. The minimum Gasteiger partial charge on any atom is -0.254 e. The fraction of sp³-hybridized carbons (Fsp3) is 0.0750. The Labute approximate surface area is 249 Å². The summed E-state index contributed by atoms with van der Waals surface area (Å²) in [6.45, 7) is 4.67. The molecule has 1 aliphatic carbocycles. The van der Waals surface area contributed by atoms with E-state index < -0.39 is 0 Å². The van der Waals surface area contributed by atoms with Gasteiger partial charge in [-0.05, 0) is 39.8 Å². The number of rotatable bonds is 2. The number of nitrogens with zero attached hydrogens (tertiary/aromatic N) is 3. The molecule has 3 heteroatoms. The second-order valence-electron chi connectivity index (χ2n) is 12.1. The van der Waals surface area contributed by atoms with Crippen molar-refractivity contribution in [2.45, 2.75) is 19.3 Å². The molecule has 0 radical (unpaired) electrons. The van der Waals surface area contributed by atoms with Crippen LogP contribution in [0, 0.1) is 0 Å². The Bertz CT molecular complexity index is 2420. The number of pyridine rings is 3. The van der Waals surface area contributed by atoms with Crippen LogP contribution in [0.2, 0.25) is 0 Å². The summed E-state index contributed by atoms with van der Waals surface area (Å²) in [5, 5.41) is 5.78. The summed E-state index contributed by atoms with van der Waals surface area (Å²) in [6, 6.07) is 43.3.